The third-order valence-corrected chi connectivity index (χ3v) is 2.08. The maximum Gasteiger partial charge on any atom is 0.0629 e. The van der Waals surface area contributed by atoms with Gasteiger partial charge in [-0.25, -0.2) is 0 Å². The van der Waals surface area contributed by atoms with E-state index < -0.39 is 0 Å². The Bertz CT molecular complexity index is 133. The quantitative estimate of drug-likeness (QED) is 0.522. The van der Waals surface area contributed by atoms with Crippen LogP contribution in [0.1, 0.15) is 13.3 Å². The summed E-state index contributed by atoms with van der Waals surface area (Å²) in [5.74, 6) is 0.272. The molecule has 1 aliphatic heterocycles. The Morgan fingerprint density at radius 2 is 2.40 bits per heavy atom. The van der Waals surface area contributed by atoms with E-state index >= 15 is 0 Å². The third-order valence-electron chi connectivity index (χ3n) is 2.08. The summed E-state index contributed by atoms with van der Waals surface area (Å²) in [5, 5.41) is 12.7. The van der Waals surface area contributed by atoms with Crippen LogP contribution in [0.25, 0.3) is 0 Å². The molecule has 1 rings (SSSR count). The minimum Gasteiger partial charge on any atom is -0.392 e. The van der Waals surface area contributed by atoms with E-state index in [-0.39, 0.29) is 12.0 Å². The average Bonchev–Trinajstić information content (AvgIpc) is 1.88. The average molecular weight is 141 g/mol. The lowest BCUT2D eigenvalue weighted by Crippen LogP contribution is -2.40. The largest absolute Gasteiger partial charge is 0.392 e. The van der Waals surface area contributed by atoms with Gasteiger partial charge in [0.15, 0.2) is 0 Å². The summed E-state index contributed by atoms with van der Waals surface area (Å²) in [7, 11) is 0. The second kappa shape index (κ2) is 3.17. The van der Waals surface area contributed by atoms with Gasteiger partial charge in [-0.05, 0) is 19.9 Å². The van der Waals surface area contributed by atoms with Crippen molar-refractivity contribution in [2.24, 2.45) is 5.92 Å². The Balaban J connectivity index is 2.47. The molecule has 0 aliphatic carbocycles. The molecule has 1 heterocycles. The van der Waals surface area contributed by atoms with E-state index in [0.717, 1.165) is 25.1 Å². The second-order valence-corrected chi connectivity index (χ2v) is 3.01. The standard InChI is InChI=1S/C8H15NO/c1-6(2)7-5-9-4-3-8(7)10/h7-10H,1,3-5H2,2H3/t7-,8-/m1/s1. The van der Waals surface area contributed by atoms with Crippen molar-refractivity contribution >= 4 is 0 Å². The highest BCUT2D eigenvalue weighted by Gasteiger charge is 2.22. The van der Waals surface area contributed by atoms with Crippen LogP contribution < -0.4 is 5.32 Å². The van der Waals surface area contributed by atoms with Crippen molar-refractivity contribution in [2.45, 2.75) is 19.4 Å². The minimum absolute atomic E-state index is 0.168. The summed E-state index contributed by atoms with van der Waals surface area (Å²) < 4.78 is 0. The number of hydrogen-bond acceptors (Lipinski definition) is 2. The fraction of sp³-hybridized carbons (Fsp3) is 0.750. The molecule has 1 aliphatic rings. The molecule has 0 bridgehead atoms. The van der Waals surface area contributed by atoms with Gasteiger partial charge in [0.25, 0.3) is 0 Å². The summed E-state index contributed by atoms with van der Waals surface area (Å²) in [6.07, 6.45) is 0.691. The first-order valence-electron chi connectivity index (χ1n) is 3.76. The Kier molecular flexibility index (Phi) is 2.46. The highest BCUT2D eigenvalue weighted by atomic mass is 16.3. The highest BCUT2D eigenvalue weighted by molar-refractivity contribution is 5.02. The summed E-state index contributed by atoms with van der Waals surface area (Å²) in [6, 6.07) is 0. The first kappa shape index (κ1) is 7.76. The van der Waals surface area contributed by atoms with Gasteiger partial charge in [0.2, 0.25) is 0 Å². The van der Waals surface area contributed by atoms with Gasteiger partial charge in [0, 0.05) is 12.5 Å². The van der Waals surface area contributed by atoms with E-state index in [1.807, 2.05) is 6.92 Å². The van der Waals surface area contributed by atoms with Crippen LogP contribution in [0.4, 0.5) is 0 Å². The lowest BCUT2D eigenvalue weighted by Gasteiger charge is -2.28. The Hall–Kier alpha value is -0.340. The van der Waals surface area contributed by atoms with E-state index in [4.69, 9.17) is 0 Å². The molecule has 58 valence electrons. The molecule has 10 heavy (non-hydrogen) atoms. The molecule has 1 fully saturated rings. The van der Waals surface area contributed by atoms with Gasteiger partial charge in [-0.1, -0.05) is 12.2 Å². The lowest BCUT2D eigenvalue weighted by atomic mass is 9.91. The van der Waals surface area contributed by atoms with E-state index in [1.54, 1.807) is 0 Å². The molecule has 0 spiro atoms. The molecule has 0 aromatic carbocycles. The summed E-state index contributed by atoms with van der Waals surface area (Å²) in [5.41, 5.74) is 1.08. The zero-order valence-electron chi connectivity index (χ0n) is 6.43. The van der Waals surface area contributed by atoms with Crippen LogP contribution in [0.3, 0.4) is 0 Å². The molecule has 0 saturated carbocycles. The maximum absolute atomic E-state index is 9.44. The Morgan fingerprint density at radius 1 is 1.70 bits per heavy atom. The van der Waals surface area contributed by atoms with Gasteiger partial charge in [-0.2, -0.15) is 0 Å². The Labute approximate surface area is 61.9 Å². The van der Waals surface area contributed by atoms with E-state index in [1.165, 1.54) is 0 Å². The molecule has 0 radical (unpaired) electrons. The molecule has 0 aromatic rings. The zero-order chi connectivity index (χ0) is 7.56. The van der Waals surface area contributed by atoms with Gasteiger partial charge in [-0.3, -0.25) is 0 Å². The lowest BCUT2D eigenvalue weighted by molar-refractivity contribution is 0.0963. The second-order valence-electron chi connectivity index (χ2n) is 3.01. The van der Waals surface area contributed by atoms with Crippen LogP contribution in [0.15, 0.2) is 12.2 Å². The molecule has 0 amide bonds. The van der Waals surface area contributed by atoms with Crippen molar-refractivity contribution < 1.29 is 5.11 Å². The van der Waals surface area contributed by atoms with Crippen molar-refractivity contribution in [1.82, 2.24) is 5.32 Å². The van der Waals surface area contributed by atoms with Crippen LogP contribution in [0.5, 0.6) is 0 Å². The molecular weight excluding hydrogens is 126 g/mol. The predicted octanol–water partition coefficient (Wildman–Crippen LogP) is 0.533. The van der Waals surface area contributed by atoms with Gasteiger partial charge in [0.05, 0.1) is 6.10 Å². The van der Waals surface area contributed by atoms with Crippen LogP contribution in [0, 0.1) is 5.92 Å². The van der Waals surface area contributed by atoms with Crippen molar-refractivity contribution in [2.75, 3.05) is 13.1 Å². The van der Waals surface area contributed by atoms with E-state index in [9.17, 15) is 5.11 Å². The predicted molar refractivity (Wildman–Crippen MR) is 41.8 cm³/mol. The summed E-state index contributed by atoms with van der Waals surface area (Å²) in [6.45, 7) is 7.62. The van der Waals surface area contributed by atoms with Crippen molar-refractivity contribution in [3.63, 3.8) is 0 Å². The number of nitrogens with one attached hydrogen (secondary N) is 1. The molecule has 1 saturated heterocycles. The van der Waals surface area contributed by atoms with E-state index in [0.29, 0.717) is 0 Å². The molecule has 2 heteroatoms. The topological polar surface area (TPSA) is 32.3 Å². The minimum atomic E-state index is -0.168. The van der Waals surface area contributed by atoms with Crippen LogP contribution in [-0.2, 0) is 0 Å². The number of aliphatic hydroxyl groups is 1. The summed E-state index contributed by atoms with van der Waals surface area (Å²) >= 11 is 0. The van der Waals surface area contributed by atoms with Gasteiger partial charge in [-0.15, -0.1) is 0 Å². The van der Waals surface area contributed by atoms with Crippen LogP contribution >= 0.6 is 0 Å². The monoisotopic (exact) mass is 141 g/mol. The van der Waals surface area contributed by atoms with E-state index in [2.05, 4.69) is 11.9 Å². The van der Waals surface area contributed by atoms with Gasteiger partial charge >= 0.3 is 0 Å². The van der Waals surface area contributed by atoms with Crippen molar-refractivity contribution in [1.29, 1.82) is 0 Å². The molecular formula is C8H15NO. The maximum atomic E-state index is 9.44. The molecule has 2 nitrogen and oxygen atoms in total. The SMILES string of the molecule is C=C(C)[C@H]1CNCC[C@H]1O. The van der Waals surface area contributed by atoms with Crippen LogP contribution in [-0.4, -0.2) is 24.3 Å². The smallest absolute Gasteiger partial charge is 0.0629 e. The van der Waals surface area contributed by atoms with Crippen LogP contribution in [0.2, 0.25) is 0 Å². The Morgan fingerprint density at radius 3 is 2.80 bits per heavy atom. The fourth-order valence-electron chi connectivity index (χ4n) is 1.35. The first-order chi connectivity index (χ1) is 4.72. The normalized spacial score (nSPS) is 33.8. The first-order valence-corrected chi connectivity index (χ1v) is 3.76. The van der Waals surface area contributed by atoms with Gasteiger partial charge in [0.1, 0.15) is 0 Å². The summed E-state index contributed by atoms with van der Waals surface area (Å²) in [4.78, 5) is 0. The number of rotatable bonds is 1. The molecule has 2 N–H and O–H groups in total. The van der Waals surface area contributed by atoms with Crippen molar-refractivity contribution in [3.8, 4) is 0 Å². The number of hydrogen-bond donors (Lipinski definition) is 2. The zero-order valence-corrected chi connectivity index (χ0v) is 6.43. The third kappa shape index (κ3) is 1.58. The van der Waals surface area contributed by atoms with Crippen molar-refractivity contribution in [3.05, 3.63) is 12.2 Å². The number of piperidine rings is 1. The molecule has 0 aromatic heterocycles. The molecule has 0 unspecified atom stereocenters. The van der Waals surface area contributed by atoms with Gasteiger partial charge < -0.3 is 10.4 Å². The molecule has 2 atom stereocenters. The highest BCUT2D eigenvalue weighted by Crippen LogP contribution is 2.17. The fourth-order valence-corrected chi connectivity index (χ4v) is 1.35. The number of aliphatic hydroxyl groups excluding tert-OH is 1.